The van der Waals surface area contributed by atoms with E-state index in [0.717, 1.165) is 15.5 Å². The highest BCUT2D eigenvalue weighted by Gasteiger charge is 2.22. The maximum Gasteiger partial charge on any atom is 0.253 e. The van der Waals surface area contributed by atoms with Crippen LogP contribution in [0.25, 0.3) is 0 Å². The van der Waals surface area contributed by atoms with Crippen LogP contribution < -0.4 is 9.62 Å². The fraction of sp³-hybridized carbons (Fsp3) is 0.263. The van der Waals surface area contributed by atoms with Crippen LogP contribution in [0.2, 0.25) is 0 Å². The number of thioether (sulfide) groups is 1. The number of amides is 2. The van der Waals surface area contributed by atoms with Gasteiger partial charge in [0.05, 0.1) is 17.6 Å². The van der Waals surface area contributed by atoms with Crippen molar-refractivity contribution in [2.24, 2.45) is 0 Å². The molecule has 9 heteroatoms. The minimum absolute atomic E-state index is 0.191. The second-order valence-electron chi connectivity index (χ2n) is 6.26. The molecule has 0 aliphatic heterocycles. The van der Waals surface area contributed by atoms with Crippen molar-refractivity contribution in [2.75, 3.05) is 42.8 Å². The zero-order chi connectivity index (χ0) is 20.9. The summed E-state index contributed by atoms with van der Waals surface area (Å²) in [5.74, 6) is -0.649. The summed E-state index contributed by atoms with van der Waals surface area (Å²) in [6, 6.07) is 13.4. The Morgan fingerprint density at radius 2 is 1.64 bits per heavy atom. The number of hydrogen-bond acceptors (Lipinski definition) is 5. The molecular formula is C19H23N3O4S2. The summed E-state index contributed by atoms with van der Waals surface area (Å²) < 4.78 is 25.5. The number of hydrogen-bond donors (Lipinski definition) is 1. The van der Waals surface area contributed by atoms with Gasteiger partial charge in [-0.1, -0.05) is 12.1 Å². The van der Waals surface area contributed by atoms with Gasteiger partial charge in [-0.15, -0.1) is 11.8 Å². The Bertz CT molecular complexity index is 957. The molecule has 0 aliphatic carbocycles. The number of benzene rings is 2. The highest BCUT2D eigenvalue weighted by atomic mass is 32.2. The summed E-state index contributed by atoms with van der Waals surface area (Å²) >= 11 is 1.48. The predicted molar refractivity (Wildman–Crippen MR) is 114 cm³/mol. The number of anilines is 2. The zero-order valence-corrected chi connectivity index (χ0v) is 17.8. The molecule has 0 heterocycles. The van der Waals surface area contributed by atoms with Crippen LogP contribution in [-0.2, 0) is 14.8 Å². The third kappa shape index (κ3) is 5.49. The molecular weight excluding hydrogens is 398 g/mol. The smallest absolute Gasteiger partial charge is 0.253 e. The summed E-state index contributed by atoms with van der Waals surface area (Å²) in [5, 5.41) is 2.75. The van der Waals surface area contributed by atoms with Crippen molar-refractivity contribution >= 4 is 45.0 Å². The van der Waals surface area contributed by atoms with E-state index in [9.17, 15) is 18.0 Å². The lowest BCUT2D eigenvalue weighted by Gasteiger charge is -2.22. The molecule has 0 atom stereocenters. The maximum absolute atomic E-state index is 12.5. The summed E-state index contributed by atoms with van der Waals surface area (Å²) in [4.78, 5) is 26.8. The molecule has 0 bridgehead atoms. The molecule has 0 aromatic heterocycles. The second-order valence-corrected chi connectivity index (χ2v) is 9.02. The number of sulfonamides is 1. The van der Waals surface area contributed by atoms with Gasteiger partial charge >= 0.3 is 0 Å². The fourth-order valence-corrected chi connectivity index (χ4v) is 3.91. The quantitative estimate of drug-likeness (QED) is 0.694. The summed E-state index contributed by atoms with van der Waals surface area (Å²) in [6.07, 6.45) is 2.93. The van der Waals surface area contributed by atoms with Gasteiger partial charge in [-0.05, 0) is 42.7 Å². The van der Waals surface area contributed by atoms with Crippen molar-refractivity contribution < 1.29 is 18.0 Å². The monoisotopic (exact) mass is 421 g/mol. The molecule has 7 nitrogen and oxygen atoms in total. The van der Waals surface area contributed by atoms with Crippen molar-refractivity contribution in [3.05, 3.63) is 54.1 Å². The van der Waals surface area contributed by atoms with Crippen LogP contribution in [0.1, 0.15) is 10.4 Å². The van der Waals surface area contributed by atoms with Crippen molar-refractivity contribution in [2.45, 2.75) is 4.90 Å². The van der Waals surface area contributed by atoms with Gasteiger partial charge in [-0.3, -0.25) is 13.9 Å². The van der Waals surface area contributed by atoms with Crippen LogP contribution in [0.15, 0.2) is 53.4 Å². The Labute approximate surface area is 169 Å². The maximum atomic E-state index is 12.5. The number of nitrogens with zero attached hydrogens (tertiary/aromatic N) is 2. The van der Waals surface area contributed by atoms with Crippen molar-refractivity contribution in [3.8, 4) is 0 Å². The van der Waals surface area contributed by atoms with Gasteiger partial charge < -0.3 is 10.2 Å². The summed E-state index contributed by atoms with van der Waals surface area (Å²) in [7, 11) is -0.429. The van der Waals surface area contributed by atoms with Gasteiger partial charge in [-0.2, -0.15) is 0 Å². The Morgan fingerprint density at radius 1 is 1.04 bits per heavy atom. The molecule has 2 amide bonds. The molecule has 1 N–H and O–H groups in total. The lowest BCUT2D eigenvalue weighted by atomic mass is 10.2. The molecule has 150 valence electrons. The molecule has 0 radical (unpaired) electrons. The average Bonchev–Trinajstić information content (AvgIpc) is 2.65. The van der Waals surface area contributed by atoms with Gasteiger partial charge in [0.2, 0.25) is 15.9 Å². The van der Waals surface area contributed by atoms with E-state index in [1.807, 2.05) is 18.4 Å². The Kier molecular flexibility index (Phi) is 7.09. The molecule has 0 saturated carbocycles. The Hall–Kier alpha value is -2.52. The van der Waals surface area contributed by atoms with Crippen LogP contribution in [-0.4, -0.2) is 58.3 Å². The van der Waals surface area contributed by atoms with Gasteiger partial charge in [-0.25, -0.2) is 8.42 Å². The van der Waals surface area contributed by atoms with E-state index in [2.05, 4.69) is 5.32 Å². The third-order valence-corrected chi connectivity index (χ3v) is 5.81. The molecule has 0 unspecified atom stereocenters. The van der Waals surface area contributed by atoms with E-state index < -0.39 is 15.9 Å². The average molecular weight is 422 g/mol. The third-order valence-electron chi connectivity index (χ3n) is 3.88. The predicted octanol–water partition coefficient (Wildman–Crippen LogP) is 2.52. The van der Waals surface area contributed by atoms with E-state index in [0.29, 0.717) is 16.9 Å². The second kappa shape index (κ2) is 9.11. The number of para-hydroxylation sites is 1. The van der Waals surface area contributed by atoms with E-state index in [-0.39, 0.29) is 12.5 Å². The minimum atomic E-state index is -3.70. The highest BCUT2D eigenvalue weighted by molar-refractivity contribution is 7.98. The topological polar surface area (TPSA) is 86.8 Å². The van der Waals surface area contributed by atoms with Crippen molar-refractivity contribution in [1.82, 2.24) is 4.90 Å². The van der Waals surface area contributed by atoms with Gasteiger partial charge in [0.15, 0.2) is 0 Å². The Morgan fingerprint density at radius 3 is 2.18 bits per heavy atom. The first-order chi connectivity index (χ1) is 13.1. The molecule has 0 spiro atoms. The lowest BCUT2D eigenvalue weighted by molar-refractivity contribution is -0.114. The molecule has 0 saturated heterocycles. The number of carbonyl (C=O) groups is 2. The molecule has 2 aromatic rings. The zero-order valence-electron chi connectivity index (χ0n) is 16.2. The van der Waals surface area contributed by atoms with E-state index in [4.69, 9.17) is 0 Å². The molecule has 0 fully saturated rings. The lowest BCUT2D eigenvalue weighted by Crippen LogP contribution is -2.37. The van der Waals surface area contributed by atoms with Crippen LogP contribution >= 0.6 is 11.8 Å². The van der Waals surface area contributed by atoms with E-state index in [1.54, 1.807) is 26.2 Å². The number of rotatable bonds is 7. The van der Waals surface area contributed by atoms with Crippen LogP contribution in [0.3, 0.4) is 0 Å². The summed E-state index contributed by atoms with van der Waals surface area (Å²) in [6.45, 7) is -0.372. The largest absolute Gasteiger partial charge is 0.345 e. The van der Waals surface area contributed by atoms with Crippen molar-refractivity contribution in [1.29, 1.82) is 0 Å². The molecule has 28 heavy (non-hydrogen) atoms. The SMILES string of the molecule is CSc1ccccc1NC(=O)CN(c1ccc(C(=O)N(C)C)cc1)S(C)(=O)=O. The first-order valence-electron chi connectivity index (χ1n) is 8.35. The van der Waals surface area contributed by atoms with Crippen LogP contribution in [0.4, 0.5) is 11.4 Å². The first-order valence-corrected chi connectivity index (χ1v) is 11.4. The van der Waals surface area contributed by atoms with E-state index in [1.165, 1.54) is 40.9 Å². The van der Waals surface area contributed by atoms with Crippen LogP contribution in [0.5, 0.6) is 0 Å². The first kappa shape index (κ1) is 21.8. The highest BCUT2D eigenvalue weighted by Crippen LogP contribution is 2.25. The summed E-state index contributed by atoms with van der Waals surface area (Å²) in [5.41, 5.74) is 1.37. The van der Waals surface area contributed by atoms with Crippen LogP contribution in [0, 0.1) is 0 Å². The minimum Gasteiger partial charge on any atom is -0.345 e. The number of carbonyl (C=O) groups excluding carboxylic acids is 2. The molecule has 2 aromatic carbocycles. The van der Waals surface area contributed by atoms with Crippen molar-refractivity contribution in [3.63, 3.8) is 0 Å². The number of nitrogens with one attached hydrogen (secondary N) is 1. The standard InChI is InChI=1S/C19H23N3O4S2/c1-21(2)19(24)14-9-11-15(12-10-14)22(28(4,25)26)13-18(23)20-16-7-5-6-8-17(16)27-3/h5-12H,13H2,1-4H3,(H,20,23). The normalized spacial score (nSPS) is 11.0. The van der Waals surface area contributed by atoms with Gasteiger partial charge in [0.1, 0.15) is 6.54 Å². The van der Waals surface area contributed by atoms with Gasteiger partial charge in [0.25, 0.3) is 5.91 Å². The van der Waals surface area contributed by atoms with Gasteiger partial charge in [0, 0.05) is 24.6 Å². The molecule has 0 aliphatic rings. The van der Waals surface area contributed by atoms with E-state index >= 15 is 0 Å². The fourth-order valence-electron chi connectivity index (χ4n) is 2.50. The Balaban J connectivity index is 2.23. The molecule has 2 rings (SSSR count).